The number of carbonyl (C=O) groups is 1. The maximum absolute atomic E-state index is 13.0. The van der Waals surface area contributed by atoms with Gasteiger partial charge in [-0.2, -0.15) is 0 Å². The lowest BCUT2D eigenvalue weighted by Crippen LogP contribution is -2.51. The van der Waals surface area contributed by atoms with Crippen LogP contribution in [0.25, 0.3) is 0 Å². The first-order chi connectivity index (χ1) is 12.1. The molecular weight excluding hydrogens is 326 g/mol. The molecule has 2 fully saturated rings. The molecule has 0 atom stereocenters. The van der Waals surface area contributed by atoms with Gasteiger partial charge in [-0.3, -0.25) is 4.79 Å². The lowest BCUT2D eigenvalue weighted by atomic mass is 10.0. The van der Waals surface area contributed by atoms with Crippen LogP contribution < -0.4 is 14.2 Å². The van der Waals surface area contributed by atoms with E-state index in [2.05, 4.69) is 0 Å². The Morgan fingerprint density at radius 1 is 1.00 bits per heavy atom. The molecule has 0 radical (unpaired) electrons. The summed E-state index contributed by atoms with van der Waals surface area (Å²) in [7, 11) is 4.59. The molecule has 138 valence electrons. The first kappa shape index (κ1) is 17.8. The first-order valence-corrected chi connectivity index (χ1v) is 8.50. The lowest BCUT2D eigenvalue weighted by Gasteiger charge is -2.43. The van der Waals surface area contributed by atoms with Gasteiger partial charge < -0.3 is 28.6 Å². The number of hydrogen-bond acceptors (Lipinski definition) is 6. The molecule has 2 aliphatic rings. The van der Waals surface area contributed by atoms with Crippen LogP contribution in [0.15, 0.2) is 12.1 Å². The molecular formula is C18H25NO6. The van der Waals surface area contributed by atoms with E-state index in [1.165, 1.54) is 14.2 Å². The van der Waals surface area contributed by atoms with Gasteiger partial charge in [0.1, 0.15) is 0 Å². The van der Waals surface area contributed by atoms with Crippen molar-refractivity contribution < 1.29 is 28.5 Å². The molecule has 0 aromatic heterocycles. The van der Waals surface area contributed by atoms with Gasteiger partial charge >= 0.3 is 0 Å². The number of likely N-dealkylation sites (tertiary alicyclic amines) is 1. The summed E-state index contributed by atoms with van der Waals surface area (Å²) >= 11 is 0. The van der Waals surface area contributed by atoms with E-state index in [-0.39, 0.29) is 5.91 Å². The minimum absolute atomic E-state index is 0.0940. The van der Waals surface area contributed by atoms with E-state index in [4.69, 9.17) is 23.7 Å². The van der Waals surface area contributed by atoms with Gasteiger partial charge in [-0.25, -0.2) is 0 Å². The Balaban J connectivity index is 1.77. The quantitative estimate of drug-likeness (QED) is 0.827. The predicted molar refractivity (Wildman–Crippen MR) is 90.5 cm³/mol. The summed E-state index contributed by atoms with van der Waals surface area (Å²) in [6.07, 6.45) is 2.27. The lowest BCUT2D eigenvalue weighted by molar-refractivity contribution is -0.281. The Labute approximate surface area is 147 Å². The molecule has 1 amide bonds. The summed E-state index contributed by atoms with van der Waals surface area (Å²) in [5, 5.41) is 0. The molecule has 1 aromatic carbocycles. The zero-order valence-electron chi connectivity index (χ0n) is 15.0. The average Bonchev–Trinajstić information content (AvgIpc) is 2.67. The molecule has 0 saturated carbocycles. The molecule has 0 N–H and O–H groups in total. The van der Waals surface area contributed by atoms with E-state index in [1.807, 2.05) is 0 Å². The van der Waals surface area contributed by atoms with Crippen LogP contribution in [0.4, 0.5) is 0 Å². The Bertz CT molecular complexity index is 616. The molecule has 25 heavy (non-hydrogen) atoms. The molecule has 1 aromatic rings. The number of rotatable bonds is 4. The van der Waals surface area contributed by atoms with Gasteiger partial charge in [0.15, 0.2) is 17.3 Å². The molecule has 7 nitrogen and oxygen atoms in total. The number of ether oxygens (including phenoxy) is 5. The second-order valence-electron chi connectivity index (χ2n) is 6.14. The van der Waals surface area contributed by atoms with Crippen molar-refractivity contribution in [3.8, 4) is 17.2 Å². The fourth-order valence-corrected chi connectivity index (χ4v) is 3.40. The molecule has 3 rings (SSSR count). The number of hydrogen-bond donors (Lipinski definition) is 0. The zero-order valence-corrected chi connectivity index (χ0v) is 15.0. The summed E-state index contributed by atoms with van der Waals surface area (Å²) in [4.78, 5) is 14.8. The fraction of sp³-hybridized carbons (Fsp3) is 0.611. The average molecular weight is 351 g/mol. The van der Waals surface area contributed by atoms with Crippen LogP contribution in [0.1, 0.15) is 29.6 Å². The number of amides is 1. The molecule has 7 heteroatoms. The van der Waals surface area contributed by atoms with Gasteiger partial charge in [0.25, 0.3) is 5.91 Å². The molecule has 0 unspecified atom stereocenters. The second kappa shape index (κ2) is 7.49. The summed E-state index contributed by atoms with van der Waals surface area (Å²) in [6.45, 7) is 2.60. The Morgan fingerprint density at radius 3 is 2.20 bits per heavy atom. The largest absolute Gasteiger partial charge is 0.493 e. The van der Waals surface area contributed by atoms with Crippen molar-refractivity contribution in [2.75, 3.05) is 47.6 Å². The summed E-state index contributed by atoms with van der Waals surface area (Å²) in [6, 6.07) is 3.42. The van der Waals surface area contributed by atoms with E-state index in [0.717, 1.165) is 19.6 Å². The van der Waals surface area contributed by atoms with Crippen molar-refractivity contribution in [1.29, 1.82) is 0 Å². The second-order valence-corrected chi connectivity index (χ2v) is 6.14. The van der Waals surface area contributed by atoms with Crippen molar-refractivity contribution in [2.45, 2.75) is 25.0 Å². The molecule has 0 bridgehead atoms. The van der Waals surface area contributed by atoms with E-state index < -0.39 is 5.79 Å². The van der Waals surface area contributed by atoms with E-state index in [1.54, 1.807) is 24.1 Å². The third kappa shape index (κ3) is 3.39. The van der Waals surface area contributed by atoms with E-state index in [9.17, 15) is 4.79 Å². The first-order valence-electron chi connectivity index (χ1n) is 8.50. The maximum Gasteiger partial charge on any atom is 0.257 e. The number of benzene rings is 1. The zero-order chi connectivity index (χ0) is 17.9. The number of carbonyl (C=O) groups excluding carboxylic acids is 1. The summed E-state index contributed by atoms with van der Waals surface area (Å²) < 4.78 is 27.7. The molecule has 2 heterocycles. The highest BCUT2D eigenvalue weighted by molar-refractivity contribution is 5.98. The number of nitrogens with zero attached hydrogens (tertiary/aromatic N) is 1. The number of piperidine rings is 1. The van der Waals surface area contributed by atoms with Crippen LogP contribution in [0, 0.1) is 0 Å². The Morgan fingerprint density at radius 2 is 1.64 bits per heavy atom. The summed E-state index contributed by atoms with van der Waals surface area (Å²) in [5.41, 5.74) is 0.460. The highest BCUT2D eigenvalue weighted by Gasteiger charge is 2.40. The van der Waals surface area contributed by atoms with Gasteiger partial charge in [0.05, 0.1) is 40.1 Å². The van der Waals surface area contributed by atoms with E-state index in [0.29, 0.717) is 48.7 Å². The maximum atomic E-state index is 13.0. The van der Waals surface area contributed by atoms with E-state index >= 15 is 0 Å². The van der Waals surface area contributed by atoms with Crippen molar-refractivity contribution in [3.05, 3.63) is 17.7 Å². The van der Waals surface area contributed by atoms with Crippen molar-refractivity contribution in [3.63, 3.8) is 0 Å². The highest BCUT2D eigenvalue weighted by atomic mass is 16.7. The third-order valence-corrected chi connectivity index (χ3v) is 4.77. The SMILES string of the molecule is COc1ccc(C(=O)N2CCC3(CC2)OCCCO3)c(OC)c1OC. The smallest absolute Gasteiger partial charge is 0.257 e. The van der Waals surface area contributed by atoms with Crippen LogP contribution >= 0.6 is 0 Å². The Hall–Kier alpha value is -1.99. The highest BCUT2D eigenvalue weighted by Crippen LogP contribution is 2.40. The minimum Gasteiger partial charge on any atom is -0.493 e. The van der Waals surface area contributed by atoms with Crippen molar-refractivity contribution in [1.82, 2.24) is 4.90 Å². The van der Waals surface area contributed by atoms with Gasteiger partial charge in [-0.05, 0) is 18.6 Å². The van der Waals surface area contributed by atoms with Crippen LogP contribution in [-0.4, -0.2) is 64.2 Å². The Kier molecular flexibility index (Phi) is 5.34. The van der Waals surface area contributed by atoms with Crippen LogP contribution in [-0.2, 0) is 9.47 Å². The molecule has 0 aliphatic carbocycles. The monoisotopic (exact) mass is 351 g/mol. The topological polar surface area (TPSA) is 66.5 Å². The normalized spacial score (nSPS) is 19.6. The van der Waals surface area contributed by atoms with Gasteiger partial charge in [-0.15, -0.1) is 0 Å². The van der Waals surface area contributed by atoms with Crippen LogP contribution in [0.2, 0.25) is 0 Å². The van der Waals surface area contributed by atoms with Crippen molar-refractivity contribution >= 4 is 5.91 Å². The minimum atomic E-state index is -0.517. The van der Waals surface area contributed by atoms with Crippen molar-refractivity contribution in [2.24, 2.45) is 0 Å². The van der Waals surface area contributed by atoms with Gasteiger partial charge in [-0.1, -0.05) is 0 Å². The number of methoxy groups -OCH3 is 3. The standard InChI is InChI=1S/C18H25NO6/c1-21-14-6-5-13(15(22-2)16(14)23-3)17(20)19-9-7-18(8-10-19)24-11-4-12-25-18/h5-6H,4,7-12H2,1-3H3. The molecule has 2 saturated heterocycles. The molecule has 2 aliphatic heterocycles. The third-order valence-electron chi connectivity index (χ3n) is 4.77. The van der Waals surface area contributed by atoms with Gasteiger partial charge in [0.2, 0.25) is 5.75 Å². The van der Waals surface area contributed by atoms with Crippen LogP contribution in [0.3, 0.4) is 0 Å². The van der Waals surface area contributed by atoms with Gasteiger partial charge in [0, 0.05) is 25.9 Å². The summed E-state index contributed by atoms with van der Waals surface area (Å²) in [5.74, 6) is 0.720. The molecule has 1 spiro atoms. The fourth-order valence-electron chi connectivity index (χ4n) is 3.40. The van der Waals surface area contributed by atoms with Crippen LogP contribution in [0.5, 0.6) is 17.2 Å². The predicted octanol–water partition coefficient (Wildman–Crippen LogP) is 2.08.